The van der Waals surface area contributed by atoms with E-state index in [1.165, 1.54) is 69.2 Å². The maximum absolute atomic E-state index is 11.8. The van der Waals surface area contributed by atoms with Gasteiger partial charge in [0, 0.05) is 55.7 Å². The van der Waals surface area contributed by atoms with Crippen LogP contribution in [0.3, 0.4) is 0 Å². The Morgan fingerprint density at radius 3 is 0.386 bits per heavy atom. The number of carboxylic acids is 6. The summed E-state index contributed by atoms with van der Waals surface area (Å²) < 4.78 is 20.7. The highest BCUT2D eigenvalue weighted by Gasteiger charge is 2.38. The van der Waals surface area contributed by atoms with Gasteiger partial charge in [0.25, 0.3) is 0 Å². The minimum atomic E-state index is -1.37. The summed E-state index contributed by atoms with van der Waals surface area (Å²) in [6.07, 6.45) is 0. The lowest BCUT2D eigenvalue weighted by Crippen LogP contribution is -2.44. The fourth-order valence-electron chi connectivity index (χ4n) is 2.22. The number of carboxylic acid groups (broad SMARTS) is 6. The average Bonchev–Trinajstić information content (AvgIpc) is 3.40. The summed E-state index contributed by atoms with van der Waals surface area (Å²) in [6, 6.07) is 0. The molecule has 28 nitrogen and oxygen atoms in total. The van der Waals surface area contributed by atoms with Crippen molar-refractivity contribution in [3.63, 3.8) is 0 Å². The zero-order valence-electron chi connectivity index (χ0n) is 49.0. The zero-order chi connectivity index (χ0) is 68.4. The molecule has 0 aliphatic carbocycles. The maximum atomic E-state index is 11.8. The van der Waals surface area contributed by atoms with Crippen LogP contribution in [0.2, 0.25) is 0 Å². The standard InChI is InChI=1S/C21H28O8.2C5H12O4.6C4H6O2/c1-13(2)17(22)26-9-21(10-27-18(23)14(3)4,11-28-19(24)15(5)6)12-29-20(25)16(7)8;2*6-1-5(2-7,3-8)4-9;6*1-3(2)4(5)6/h1,3,5,7,9-12H2,2,4,6,8H3;2*6-9H,1-4H2;6*1H2,2H3,(H,5,6). The van der Waals surface area contributed by atoms with Gasteiger partial charge in [-0.3, -0.25) is 0 Å². The van der Waals surface area contributed by atoms with Gasteiger partial charge in [-0.25, -0.2) is 47.9 Å². The third-order valence-corrected chi connectivity index (χ3v) is 8.31. The first kappa shape index (κ1) is 94.1. The number of hydrogen-bond acceptors (Lipinski definition) is 22. The first-order chi connectivity index (χ1) is 37.7. The number of carbonyl (C=O) groups is 10. The van der Waals surface area contributed by atoms with Gasteiger partial charge < -0.3 is 90.4 Å². The summed E-state index contributed by atoms with van der Waals surface area (Å²) in [7, 11) is 0. The van der Waals surface area contributed by atoms with Crippen molar-refractivity contribution in [1.82, 2.24) is 0 Å². The van der Waals surface area contributed by atoms with Gasteiger partial charge >= 0.3 is 59.7 Å². The second-order valence-corrected chi connectivity index (χ2v) is 17.7. The molecule has 0 amide bonds. The van der Waals surface area contributed by atoms with E-state index in [2.05, 4.69) is 65.8 Å². The Bertz CT molecular complexity index is 1780. The van der Waals surface area contributed by atoms with Crippen molar-refractivity contribution in [2.24, 2.45) is 16.2 Å². The predicted molar refractivity (Wildman–Crippen MR) is 302 cm³/mol. The summed E-state index contributed by atoms with van der Waals surface area (Å²) in [6.45, 7) is 42.6. The van der Waals surface area contributed by atoms with Gasteiger partial charge in [-0.15, -0.1) is 0 Å². The van der Waals surface area contributed by atoms with E-state index in [4.69, 9.17) is 90.4 Å². The molecule has 0 bridgehead atoms. The zero-order valence-corrected chi connectivity index (χ0v) is 49.0. The van der Waals surface area contributed by atoms with Crippen LogP contribution in [0, 0.1) is 16.2 Å². The van der Waals surface area contributed by atoms with Crippen LogP contribution in [0.1, 0.15) is 69.2 Å². The Hall–Kier alpha value is -8.22. The Labute approximate surface area is 483 Å². The smallest absolute Gasteiger partial charge is 0.333 e. The van der Waals surface area contributed by atoms with Crippen molar-refractivity contribution in [2.45, 2.75) is 69.2 Å². The third kappa shape index (κ3) is 59.7. The van der Waals surface area contributed by atoms with Gasteiger partial charge in [-0.1, -0.05) is 65.8 Å². The van der Waals surface area contributed by atoms with Gasteiger partial charge in [0.1, 0.15) is 31.8 Å². The predicted octanol–water partition coefficient (Wildman–Crippen LogP) is 2.22. The van der Waals surface area contributed by atoms with Gasteiger partial charge in [-0.05, 0) is 69.2 Å². The van der Waals surface area contributed by atoms with Crippen LogP contribution in [-0.4, -0.2) is 210 Å². The van der Waals surface area contributed by atoms with Crippen molar-refractivity contribution >= 4 is 59.7 Å². The molecule has 0 aromatic carbocycles. The van der Waals surface area contributed by atoms with E-state index >= 15 is 0 Å². The lowest BCUT2D eigenvalue weighted by Gasteiger charge is -2.31. The highest BCUT2D eigenvalue weighted by Crippen LogP contribution is 2.23. The minimum absolute atomic E-state index is 0.135. The first-order valence-electron chi connectivity index (χ1n) is 23.2. The fourth-order valence-corrected chi connectivity index (χ4v) is 2.22. The number of aliphatic carboxylic acids is 6. The summed E-state index contributed by atoms with van der Waals surface area (Å²) in [4.78, 5) is 105. The molecule has 0 saturated heterocycles. The van der Waals surface area contributed by atoms with Crippen molar-refractivity contribution in [3.05, 3.63) is 122 Å². The van der Waals surface area contributed by atoms with E-state index in [0.29, 0.717) is 0 Å². The summed E-state index contributed by atoms with van der Waals surface area (Å²) >= 11 is 0. The van der Waals surface area contributed by atoms with Crippen molar-refractivity contribution in [3.8, 4) is 0 Å². The molecular weight excluding hydrogens is 1110 g/mol. The van der Waals surface area contributed by atoms with Crippen LogP contribution in [-0.2, 0) is 66.9 Å². The molecule has 0 rings (SSSR count). The Morgan fingerprint density at radius 1 is 0.241 bits per heavy atom. The van der Waals surface area contributed by atoms with Crippen LogP contribution in [0.15, 0.2) is 122 Å². The molecule has 83 heavy (non-hydrogen) atoms. The van der Waals surface area contributed by atoms with Crippen LogP contribution in [0.5, 0.6) is 0 Å². The van der Waals surface area contributed by atoms with E-state index in [9.17, 15) is 47.9 Å². The molecule has 0 fully saturated rings. The monoisotopic (exact) mass is 1200 g/mol. The van der Waals surface area contributed by atoms with Crippen LogP contribution in [0.25, 0.3) is 0 Å². The Kier molecular flexibility index (Phi) is 60.2. The van der Waals surface area contributed by atoms with Crippen molar-refractivity contribution in [1.29, 1.82) is 0 Å². The summed E-state index contributed by atoms with van der Waals surface area (Å²) in [5, 5.41) is 115. The van der Waals surface area contributed by atoms with E-state index in [-0.39, 0.29) is 82.2 Å². The fraction of sp³-hybridized carbons (Fsp3) is 0.455. The number of aliphatic hydroxyl groups excluding tert-OH is 8. The second kappa shape index (κ2) is 53.1. The number of aliphatic hydroxyl groups is 8. The molecule has 0 saturated carbocycles. The van der Waals surface area contributed by atoms with Crippen LogP contribution in [0.4, 0.5) is 0 Å². The number of rotatable bonds is 26. The van der Waals surface area contributed by atoms with Gasteiger partial charge in [-0.2, -0.15) is 0 Å². The molecule has 0 aliphatic rings. The SMILES string of the molecule is C=C(C)C(=O)O.C=C(C)C(=O)O.C=C(C)C(=O)O.C=C(C)C(=O)O.C=C(C)C(=O)O.C=C(C)C(=O)O.C=C(C)C(=O)OCC(COC(=O)C(=C)C)(COC(=O)C(=C)C)COC(=O)C(=C)C.OCC(CO)(CO)CO.OCC(CO)(CO)CO. The van der Waals surface area contributed by atoms with Crippen LogP contribution < -0.4 is 0 Å². The van der Waals surface area contributed by atoms with Crippen LogP contribution >= 0.6 is 0 Å². The Morgan fingerprint density at radius 2 is 0.337 bits per heavy atom. The first-order valence-corrected chi connectivity index (χ1v) is 23.2. The topological polar surface area (TPSA) is 491 Å². The molecule has 0 atom stereocenters. The lowest BCUT2D eigenvalue weighted by atomic mass is 9.92. The number of hydrogen-bond donors (Lipinski definition) is 14. The quantitative estimate of drug-likeness (QED) is 0.0335. The molecule has 28 heteroatoms. The van der Waals surface area contributed by atoms with Gasteiger partial charge in [0.05, 0.1) is 63.7 Å². The number of carbonyl (C=O) groups excluding carboxylic acids is 4. The summed E-state index contributed by atoms with van der Waals surface area (Å²) in [5.74, 6) is -8.45. The largest absolute Gasteiger partial charge is 0.478 e. The highest BCUT2D eigenvalue weighted by atomic mass is 16.6. The van der Waals surface area contributed by atoms with Gasteiger partial charge in [0.15, 0.2) is 0 Å². The molecule has 0 aromatic heterocycles. The molecule has 0 heterocycles. The van der Waals surface area contributed by atoms with E-state index in [0.717, 1.165) is 0 Å². The summed E-state index contributed by atoms with van der Waals surface area (Å²) in [5.41, 5.74) is -2.00. The molecule has 0 aliphatic heterocycles. The molecular formula is C55H88O28. The molecule has 0 aromatic rings. The molecule has 0 unspecified atom stereocenters. The van der Waals surface area contributed by atoms with Crippen molar-refractivity contribution < 1.29 is 138 Å². The highest BCUT2D eigenvalue weighted by molar-refractivity contribution is 5.89. The maximum Gasteiger partial charge on any atom is 0.333 e. The molecule has 14 N–H and O–H groups in total. The van der Waals surface area contributed by atoms with E-state index < -0.39 is 129 Å². The number of esters is 4. The van der Waals surface area contributed by atoms with Crippen molar-refractivity contribution in [2.75, 3.05) is 79.3 Å². The van der Waals surface area contributed by atoms with E-state index in [1.807, 2.05) is 0 Å². The van der Waals surface area contributed by atoms with E-state index in [1.54, 1.807) is 0 Å². The minimum Gasteiger partial charge on any atom is -0.478 e. The van der Waals surface area contributed by atoms with Gasteiger partial charge in [0.2, 0.25) is 0 Å². The number of ether oxygens (including phenoxy) is 4. The third-order valence-electron chi connectivity index (χ3n) is 8.31. The molecule has 476 valence electrons. The second-order valence-electron chi connectivity index (χ2n) is 17.7. The molecule has 0 spiro atoms. The normalized spacial score (nSPS) is 9.47. The average molecular weight is 1200 g/mol. The lowest BCUT2D eigenvalue weighted by molar-refractivity contribution is -0.166. The molecule has 0 radical (unpaired) electrons. The Balaban J connectivity index is -0.000000119.